The molecule has 7 heteroatoms. The first-order valence-electron chi connectivity index (χ1n) is 6.58. The lowest BCUT2D eigenvalue weighted by Crippen LogP contribution is -2.38. The Labute approximate surface area is 116 Å². The molecule has 1 aromatic rings. The van der Waals surface area contributed by atoms with E-state index in [0.717, 1.165) is 39.3 Å². The molecule has 1 amide bonds. The SMILES string of the molecule is O=C(O)c1ccc(C(=O)NCCCN2CCOCC2)o1. The number of carboxylic acid groups (broad SMARTS) is 1. The van der Waals surface area contributed by atoms with E-state index in [1.54, 1.807) is 0 Å². The summed E-state index contributed by atoms with van der Waals surface area (Å²) in [5, 5.41) is 11.4. The van der Waals surface area contributed by atoms with Crippen molar-refractivity contribution in [2.24, 2.45) is 0 Å². The van der Waals surface area contributed by atoms with Crippen LogP contribution in [0.25, 0.3) is 0 Å². The van der Waals surface area contributed by atoms with Crippen molar-refractivity contribution < 1.29 is 23.8 Å². The number of nitrogens with zero attached hydrogens (tertiary/aromatic N) is 1. The molecular weight excluding hydrogens is 264 g/mol. The van der Waals surface area contributed by atoms with Crippen molar-refractivity contribution >= 4 is 11.9 Å². The van der Waals surface area contributed by atoms with E-state index in [9.17, 15) is 9.59 Å². The third-order valence-electron chi connectivity index (χ3n) is 3.08. The quantitative estimate of drug-likeness (QED) is 0.735. The first kappa shape index (κ1) is 14.5. The highest BCUT2D eigenvalue weighted by atomic mass is 16.5. The lowest BCUT2D eigenvalue weighted by atomic mass is 10.3. The molecule has 1 aliphatic rings. The maximum Gasteiger partial charge on any atom is 0.371 e. The van der Waals surface area contributed by atoms with Gasteiger partial charge in [0.15, 0.2) is 5.76 Å². The molecule has 7 nitrogen and oxygen atoms in total. The van der Waals surface area contributed by atoms with Gasteiger partial charge in [-0.2, -0.15) is 0 Å². The molecule has 0 bridgehead atoms. The van der Waals surface area contributed by atoms with Crippen LogP contribution in [0.4, 0.5) is 0 Å². The predicted molar refractivity (Wildman–Crippen MR) is 69.9 cm³/mol. The molecule has 0 saturated carbocycles. The van der Waals surface area contributed by atoms with E-state index in [4.69, 9.17) is 14.3 Å². The Morgan fingerprint density at radius 3 is 2.60 bits per heavy atom. The summed E-state index contributed by atoms with van der Waals surface area (Å²) in [4.78, 5) is 24.6. The number of ether oxygens (including phenoxy) is 1. The van der Waals surface area contributed by atoms with Crippen molar-refractivity contribution in [2.45, 2.75) is 6.42 Å². The Bertz CT molecular complexity index is 465. The largest absolute Gasteiger partial charge is 0.475 e. The van der Waals surface area contributed by atoms with E-state index in [1.807, 2.05) is 0 Å². The van der Waals surface area contributed by atoms with Gasteiger partial charge < -0.3 is 19.6 Å². The van der Waals surface area contributed by atoms with Gasteiger partial charge in [-0.05, 0) is 25.1 Å². The van der Waals surface area contributed by atoms with Crippen molar-refractivity contribution in [1.82, 2.24) is 10.2 Å². The summed E-state index contributed by atoms with van der Waals surface area (Å²) in [5.41, 5.74) is 0. The van der Waals surface area contributed by atoms with Gasteiger partial charge in [-0.3, -0.25) is 9.69 Å². The molecule has 1 fully saturated rings. The fourth-order valence-electron chi connectivity index (χ4n) is 1.99. The molecule has 20 heavy (non-hydrogen) atoms. The van der Waals surface area contributed by atoms with Crippen LogP contribution < -0.4 is 5.32 Å². The zero-order chi connectivity index (χ0) is 14.4. The van der Waals surface area contributed by atoms with Gasteiger partial charge in [-0.1, -0.05) is 0 Å². The second-order valence-electron chi connectivity index (χ2n) is 4.53. The molecule has 0 radical (unpaired) electrons. The van der Waals surface area contributed by atoms with Gasteiger partial charge in [0.05, 0.1) is 13.2 Å². The predicted octanol–water partition coefficient (Wildman–Crippen LogP) is 0.430. The van der Waals surface area contributed by atoms with Gasteiger partial charge in [0, 0.05) is 19.6 Å². The van der Waals surface area contributed by atoms with Gasteiger partial charge in [0.1, 0.15) is 0 Å². The number of rotatable bonds is 6. The third kappa shape index (κ3) is 4.07. The molecule has 0 unspecified atom stereocenters. The number of carbonyl (C=O) groups excluding carboxylic acids is 1. The lowest BCUT2D eigenvalue weighted by molar-refractivity contribution is 0.0374. The van der Waals surface area contributed by atoms with Crippen LogP contribution in [0.2, 0.25) is 0 Å². The number of aromatic carboxylic acids is 1. The van der Waals surface area contributed by atoms with Gasteiger partial charge >= 0.3 is 5.97 Å². The van der Waals surface area contributed by atoms with E-state index < -0.39 is 5.97 Å². The second-order valence-corrected chi connectivity index (χ2v) is 4.53. The Hall–Kier alpha value is -1.86. The van der Waals surface area contributed by atoms with Gasteiger partial charge in [-0.15, -0.1) is 0 Å². The molecule has 0 aliphatic carbocycles. The first-order chi connectivity index (χ1) is 9.66. The van der Waals surface area contributed by atoms with Crippen molar-refractivity contribution in [3.05, 3.63) is 23.7 Å². The normalized spacial score (nSPS) is 16.0. The van der Waals surface area contributed by atoms with Crippen LogP contribution in [-0.2, 0) is 4.74 Å². The molecule has 0 spiro atoms. The van der Waals surface area contributed by atoms with E-state index in [2.05, 4.69) is 10.2 Å². The maximum atomic E-state index is 11.7. The van der Waals surface area contributed by atoms with E-state index in [-0.39, 0.29) is 17.4 Å². The molecular formula is C13H18N2O5. The highest BCUT2D eigenvalue weighted by molar-refractivity contribution is 5.93. The third-order valence-corrected chi connectivity index (χ3v) is 3.08. The van der Waals surface area contributed by atoms with Crippen LogP contribution in [-0.4, -0.2) is 61.3 Å². The molecule has 2 N–H and O–H groups in total. The summed E-state index contributed by atoms with van der Waals surface area (Å²) in [6, 6.07) is 2.63. The number of carbonyl (C=O) groups is 2. The number of hydrogen-bond acceptors (Lipinski definition) is 5. The molecule has 1 aliphatic heterocycles. The Morgan fingerprint density at radius 1 is 1.25 bits per heavy atom. The number of morpholine rings is 1. The highest BCUT2D eigenvalue weighted by Crippen LogP contribution is 2.07. The molecule has 2 heterocycles. The van der Waals surface area contributed by atoms with Crippen molar-refractivity contribution in [3.63, 3.8) is 0 Å². The average molecular weight is 282 g/mol. The van der Waals surface area contributed by atoms with Crippen LogP contribution in [0, 0.1) is 0 Å². The Kier molecular flexibility index (Phi) is 5.14. The number of amides is 1. The van der Waals surface area contributed by atoms with Crippen LogP contribution in [0.3, 0.4) is 0 Å². The van der Waals surface area contributed by atoms with E-state index in [0.29, 0.717) is 6.54 Å². The zero-order valence-electron chi connectivity index (χ0n) is 11.1. The number of furan rings is 1. The highest BCUT2D eigenvalue weighted by Gasteiger charge is 2.14. The van der Waals surface area contributed by atoms with E-state index >= 15 is 0 Å². The maximum absolute atomic E-state index is 11.7. The first-order valence-corrected chi connectivity index (χ1v) is 6.58. The minimum atomic E-state index is -1.18. The van der Waals surface area contributed by atoms with Gasteiger partial charge in [0.25, 0.3) is 5.91 Å². The van der Waals surface area contributed by atoms with Crippen LogP contribution in [0.1, 0.15) is 27.5 Å². The summed E-state index contributed by atoms with van der Waals surface area (Å²) in [5.74, 6) is -1.78. The van der Waals surface area contributed by atoms with Crippen LogP contribution in [0.15, 0.2) is 16.5 Å². The van der Waals surface area contributed by atoms with Crippen molar-refractivity contribution in [1.29, 1.82) is 0 Å². The lowest BCUT2D eigenvalue weighted by Gasteiger charge is -2.26. The number of carboxylic acids is 1. The van der Waals surface area contributed by atoms with Gasteiger partial charge in [-0.25, -0.2) is 4.79 Å². The summed E-state index contributed by atoms with van der Waals surface area (Å²) in [6.45, 7) is 4.80. The summed E-state index contributed by atoms with van der Waals surface area (Å²) in [7, 11) is 0. The average Bonchev–Trinajstić information content (AvgIpc) is 2.94. The molecule has 0 atom stereocenters. The molecule has 110 valence electrons. The van der Waals surface area contributed by atoms with E-state index in [1.165, 1.54) is 12.1 Å². The van der Waals surface area contributed by atoms with Gasteiger partial charge in [0.2, 0.25) is 5.76 Å². The minimum absolute atomic E-state index is 0.0220. The zero-order valence-corrected chi connectivity index (χ0v) is 11.1. The summed E-state index contributed by atoms with van der Waals surface area (Å²) < 4.78 is 10.2. The standard InChI is InChI=1S/C13H18N2O5/c16-12(10-2-3-11(20-10)13(17)18)14-4-1-5-15-6-8-19-9-7-15/h2-3H,1,4-9H2,(H,14,16)(H,17,18). The summed E-state index contributed by atoms with van der Waals surface area (Å²) >= 11 is 0. The number of hydrogen-bond donors (Lipinski definition) is 2. The summed E-state index contributed by atoms with van der Waals surface area (Å²) in [6.07, 6.45) is 0.832. The second kappa shape index (κ2) is 7.06. The van der Waals surface area contributed by atoms with Crippen LogP contribution in [0.5, 0.6) is 0 Å². The molecule has 0 aromatic carbocycles. The topological polar surface area (TPSA) is 92.0 Å². The fourth-order valence-corrected chi connectivity index (χ4v) is 1.99. The monoisotopic (exact) mass is 282 g/mol. The Balaban J connectivity index is 1.67. The molecule has 1 aromatic heterocycles. The van der Waals surface area contributed by atoms with Crippen molar-refractivity contribution in [3.8, 4) is 0 Å². The molecule has 1 saturated heterocycles. The fraction of sp³-hybridized carbons (Fsp3) is 0.538. The minimum Gasteiger partial charge on any atom is -0.475 e. The van der Waals surface area contributed by atoms with Crippen LogP contribution >= 0.6 is 0 Å². The number of nitrogens with one attached hydrogen (secondary N) is 1. The molecule has 2 rings (SSSR count). The Morgan fingerprint density at radius 2 is 1.95 bits per heavy atom. The van der Waals surface area contributed by atoms with Crippen molar-refractivity contribution in [2.75, 3.05) is 39.4 Å². The smallest absolute Gasteiger partial charge is 0.371 e.